The van der Waals surface area contributed by atoms with Gasteiger partial charge < -0.3 is 15.5 Å². The van der Waals surface area contributed by atoms with E-state index in [2.05, 4.69) is 10.4 Å². The molecule has 0 saturated heterocycles. The van der Waals surface area contributed by atoms with E-state index in [1.807, 2.05) is 16.9 Å². The number of nitrogens with one attached hydrogen (secondary N) is 1. The summed E-state index contributed by atoms with van der Waals surface area (Å²) < 4.78 is 1.88. The Morgan fingerprint density at radius 2 is 2.11 bits per heavy atom. The molecule has 0 amide bonds. The summed E-state index contributed by atoms with van der Waals surface area (Å²) in [5.74, 6) is -0.122. The summed E-state index contributed by atoms with van der Waals surface area (Å²) in [6.45, 7) is 2.24. The van der Waals surface area contributed by atoms with Gasteiger partial charge in [0.15, 0.2) is 11.5 Å². The first kappa shape index (κ1) is 12.4. The summed E-state index contributed by atoms with van der Waals surface area (Å²) in [5, 5.41) is 26.3. The lowest BCUT2D eigenvalue weighted by Crippen LogP contribution is -2.16. The lowest BCUT2D eigenvalue weighted by molar-refractivity contribution is 0.397. The first-order valence-electron chi connectivity index (χ1n) is 5.95. The highest BCUT2D eigenvalue weighted by Crippen LogP contribution is 2.27. The number of benzene rings is 1. The van der Waals surface area contributed by atoms with E-state index in [0.29, 0.717) is 12.1 Å². The fourth-order valence-corrected chi connectivity index (χ4v) is 1.74. The van der Waals surface area contributed by atoms with Crippen molar-refractivity contribution in [2.75, 3.05) is 6.54 Å². The van der Waals surface area contributed by atoms with E-state index in [9.17, 15) is 10.2 Å². The molecular weight excluding hydrogens is 230 g/mol. The van der Waals surface area contributed by atoms with E-state index in [4.69, 9.17) is 0 Å². The number of para-hydroxylation sites is 1. The van der Waals surface area contributed by atoms with Crippen molar-refractivity contribution in [2.45, 2.75) is 19.5 Å². The molecule has 1 aromatic heterocycles. The fourth-order valence-electron chi connectivity index (χ4n) is 1.74. The quantitative estimate of drug-likeness (QED) is 0.534. The van der Waals surface area contributed by atoms with E-state index in [-0.39, 0.29) is 11.5 Å². The van der Waals surface area contributed by atoms with Crippen LogP contribution in [0.5, 0.6) is 11.5 Å². The van der Waals surface area contributed by atoms with Gasteiger partial charge >= 0.3 is 0 Å². The molecule has 0 aliphatic heterocycles. The molecule has 0 fully saturated rings. The van der Waals surface area contributed by atoms with Crippen molar-refractivity contribution in [1.29, 1.82) is 0 Å². The number of rotatable bonds is 6. The lowest BCUT2D eigenvalue weighted by atomic mass is 10.2. The Kier molecular flexibility index (Phi) is 4.20. The minimum absolute atomic E-state index is 0.0444. The number of aryl methyl sites for hydroxylation is 1. The van der Waals surface area contributed by atoms with Crippen LogP contribution < -0.4 is 5.32 Å². The molecule has 0 aliphatic rings. The second kappa shape index (κ2) is 6.07. The molecule has 0 spiro atoms. The van der Waals surface area contributed by atoms with E-state index >= 15 is 0 Å². The normalized spacial score (nSPS) is 10.7. The highest BCUT2D eigenvalue weighted by molar-refractivity contribution is 5.44. The van der Waals surface area contributed by atoms with Crippen LogP contribution in [0.15, 0.2) is 36.7 Å². The predicted molar refractivity (Wildman–Crippen MR) is 68.3 cm³/mol. The van der Waals surface area contributed by atoms with E-state index in [1.54, 1.807) is 18.3 Å². The second-order valence-corrected chi connectivity index (χ2v) is 4.08. The first-order valence-corrected chi connectivity index (χ1v) is 5.95. The monoisotopic (exact) mass is 247 g/mol. The van der Waals surface area contributed by atoms with Gasteiger partial charge in [0.25, 0.3) is 0 Å². The number of hydrogen-bond acceptors (Lipinski definition) is 4. The Hall–Kier alpha value is -2.01. The summed E-state index contributed by atoms with van der Waals surface area (Å²) in [6, 6.07) is 6.88. The van der Waals surface area contributed by atoms with Crippen molar-refractivity contribution in [2.24, 2.45) is 0 Å². The van der Waals surface area contributed by atoms with Crippen LogP contribution in [-0.4, -0.2) is 26.5 Å². The van der Waals surface area contributed by atoms with Crippen LogP contribution in [0.2, 0.25) is 0 Å². The Bertz CT molecular complexity index is 483. The molecule has 0 bridgehead atoms. The number of aromatic nitrogens is 2. The minimum Gasteiger partial charge on any atom is -0.504 e. The molecule has 0 unspecified atom stereocenters. The number of phenols is 2. The molecule has 0 radical (unpaired) electrons. The molecule has 0 aliphatic carbocycles. The summed E-state index contributed by atoms with van der Waals surface area (Å²) >= 11 is 0. The molecule has 1 heterocycles. The van der Waals surface area contributed by atoms with Gasteiger partial charge in [-0.05, 0) is 25.1 Å². The molecular formula is C13H17N3O2. The first-order chi connectivity index (χ1) is 8.77. The van der Waals surface area contributed by atoms with Crippen LogP contribution in [0, 0.1) is 0 Å². The van der Waals surface area contributed by atoms with Gasteiger partial charge in [-0.2, -0.15) is 5.10 Å². The van der Waals surface area contributed by atoms with Crippen molar-refractivity contribution in [1.82, 2.24) is 15.1 Å². The third-order valence-electron chi connectivity index (χ3n) is 2.71. The van der Waals surface area contributed by atoms with Gasteiger partial charge in [-0.1, -0.05) is 12.1 Å². The predicted octanol–water partition coefficient (Wildman–Crippen LogP) is 1.47. The van der Waals surface area contributed by atoms with Crippen LogP contribution in [0.25, 0.3) is 0 Å². The van der Waals surface area contributed by atoms with Crippen molar-refractivity contribution in [3.05, 3.63) is 42.2 Å². The van der Waals surface area contributed by atoms with Gasteiger partial charge in [0, 0.05) is 31.0 Å². The Balaban J connectivity index is 1.70. The van der Waals surface area contributed by atoms with Crippen LogP contribution in [0.4, 0.5) is 0 Å². The van der Waals surface area contributed by atoms with Crippen LogP contribution >= 0.6 is 0 Å². The molecule has 2 rings (SSSR count). The zero-order chi connectivity index (χ0) is 12.8. The largest absolute Gasteiger partial charge is 0.504 e. The third-order valence-corrected chi connectivity index (χ3v) is 2.71. The number of phenolic OH excluding ortho intramolecular Hbond substituents is 2. The average Bonchev–Trinajstić information content (AvgIpc) is 2.87. The van der Waals surface area contributed by atoms with Gasteiger partial charge in [0.1, 0.15) is 0 Å². The highest BCUT2D eigenvalue weighted by Gasteiger charge is 2.04. The van der Waals surface area contributed by atoms with Crippen LogP contribution in [0.3, 0.4) is 0 Å². The number of nitrogens with zero attached hydrogens (tertiary/aromatic N) is 2. The molecule has 96 valence electrons. The zero-order valence-electron chi connectivity index (χ0n) is 10.1. The van der Waals surface area contributed by atoms with Gasteiger partial charge in [-0.3, -0.25) is 4.68 Å². The SMILES string of the molecule is Oc1cccc(CNCCCn2cccn2)c1O. The molecule has 1 aromatic carbocycles. The zero-order valence-corrected chi connectivity index (χ0v) is 10.1. The number of hydrogen-bond donors (Lipinski definition) is 3. The van der Waals surface area contributed by atoms with E-state index in [1.165, 1.54) is 6.07 Å². The molecule has 2 aromatic rings. The average molecular weight is 247 g/mol. The summed E-state index contributed by atoms with van der Waals surface area (Å²) in [5.41, 5.74) is 0.703. The van der Waals surface area contributed by atoms with Crippen molar-refractivity contribution < 1.29 is 10.2 Å². The second-order valence-electron chi connectivity index (χ2n) is 4.08. The topological polar surface area (TPSA) is 70.3 Å². The number of aromatic hydroxyl groups is 2. The lowest BCUT2D eigenvalue weighted by Gasteiger charge is -2.08. The maximum Gasteiger partial charge on any atom is 0.161 e. The van der Waals surface area contributed by atoms with Gasteiger partial charge in [0.05, 0.1) is 0 Å². The summed E-state index contributed by atoms with van der Waals surface area (Å²) in [4.78, 5) is 0. The smallest absolute Gasteiger partial charge is 0.161 e. The fraction of sp³-hybridized carbons (Fsp3) is 0.308. The van der Waals surface area contributed by atoms with Crippen LogP contribution in [0.1, 0.15) is 12.0 Å². The minimum atomic E-state index is -0.0779. The maximum absolute atomic E-state index is 9.60. The molecule has 5 nitrogen and oxygen atoms in total. The van der Waals surface area contributed by atoms with Crippen molar-refractivity contribution in [3.63, 3.8) is 0 Å². The highest BCUT2D eigenvalue weighted by atomic mass is 16.3. The molecule has 3 N–H and O–H groups in total. The molecule has 5 heteroatoms. The standard InChI is InChI=1S/C13H17N3O2/c17-12-5-1-4-11(13(12)18)10-14-6-2-8-16-9-3-7-15-16/h1,3-5,7,9,14,17-18H,2,6,8,10H2. The van der Waals surface area contributed by atoms with E-state index in [0.717, 1.165) is 19.5 Å². The molecule has 18 heavy (non-hydrogen) atoms. The molecule has 0 saturated carbocycles. The maximum atomic E-state index is 9.60. The van der Waals surface area contributed by atoms with Crippen molar-refractivity contribution >= 4 is 0 Å². The van der Waals surface area contributed by atoms with Gasteiger partial charge in [0.2, 0.25) is 0 Å². The summed E-state index contributed by atoms with van der Waals surface area (Å²) in [7, 11) is 0. The van der Waals surface area contributed by atoms with Crippen LogP contribution in [-0.2, 0) is 13.1 Å². The Labute approximate surface area is 106 Å². The van der Waals surface area contributed by atoms with Crippen molar-refractivity contribution in [3.8, 4) is 11.5 Å². The van der Waals surface area contributed by atoms with Gasteiger partial charge in [-0.25, -0.2) is 0 Å². The summed E-state index contributed by atoms with van der Waals surface area (Å²) in [6.07, 6.45) is 4.65. The Morgan fingerprint density at radius 3 is 2.89 bits per heavy atom. The molecule has 0 atom stereocenters. The third kappa shape index (κ3) is 3.24. The van der Waals surface area contributed by atoms with Gasteiger partial charge in [-0.15, -0.1) is 0 Å². The Morgan fingerprint density at radius 1 is 1.22 bits per heavy atom. The van der Waals surface area contributed by atoms with E-state index < -0.39 is 0 Å².